The zero-order chi connectivity index (χ0) is 14.6. The number of hydrogen-bond donors (Lipinski definition) is 2. The van der Waals surface area contributed by atoms with Gasteiger partial charge >= 0.3 is 5.97 Å². The molecular formula is C14H19NO4. The molecular weight excluding hydrogens is 246 g/mol. The molecule has 1 amide bonds. The fourth-order valence-corrected chi connectivity index (χ4v) is 1.61. The van der Waals surface area contributed by atoms with E-state index in [1.165, 1.54) is 7.11 Å². The van der Waals surface area contributed by atoms with Crippen LogP contribution in [0.4, 0.5) is 0 Å². The van der Waals surface area contributed by atoms with Gasteiger partial charge in [0.1, 0.15) is 11.8 Å². The molecule has 1 aromatic carbocycles. The van der Waals surface area contributed by atoms with Crippen molar-refractivity contribution in [3.8, 4) is 5.75 Å². The number of carbonyl (C=O) groups excluding carboxylic acids is 1. The Morgan fingerprint density at radius 3 is 2.11 bits per heavy atom. The van der Waals surface area contributed by atoms with Crippen molar-refractivity contribution < 1.29 is 19.4 Å². The summed E-state index contributed by atoms with van der Waals surface area (Å²) in [5.41, 5.74) is -0.162. The number of hydrogen-bond acceptors (Lipinski definition) is 3. The number of benzene rings is 1. The highest BCUT2D eigenvalue weighted by atomic mass is 16.5. The molecule has 1 atom stereocenters. The van der Waals surface area contributed by atoms with Crippen LogP contribution in [-0.4, -0.2) is 30.1 Å². The van der Waals surface area contributed by atoms with Gasteiger partial charge in [0.05, 0.1) is 7.11 Å². The van der Waals surface area contributed by atoms with Gasteiger partial charge in [0.2, 0.25) is 0 Å². The summed E-state index contributed by atoms with van der Waals surface area (Å²) in [5.74, 6) is -0.818. The van der Waals surface area contributed by atoms with Gasteiger partial charge < -0.3 is 15.2 Å². The minimum absolute atomic E-state index is 0.399. The molecule has 1 aromatic rings. The highest BCUT2D eigenvalue weighted by Gasteiger charge is 2.32. The molecule has 0 bridgehead atoms. The molecule has 0 aliphatic heterocycles. The molecule has 0 saturated heterocycles. The largest absolute Gasteiger partial charge is 0.497 e. The number of carboxylic acids is 1. The second-order valence-electron chi connectivity index (χ2n) is 5.34. The predicted octanol–water partition coefficient (Wildman–Crippen LogP) is 1.92. The number of aliphatic carboxylic acids is 1. The fourth-order valence-electron chi connectivity index (χ4n) is 1.61. The standard InChI is InChI=1S/C14H19NO4/c1-14(2,3)11(13(17)18)15-12(16)9-5-7-10(19-4)8-6-9/h5-8,11H,1-4H3,(H,15,16)(H,17,18). The molecule has 2 N–H and O–H groups in total. The highest BCUT2D eigenvalue weighted by molar-refractivity contribution is 5.96. The van der Waals surface area contributed by atoms with Crippen molar-refractivity contribution in [3.05, 3.63) is 29.8 Å². The first-order valence-corrected chi connectivity index (χ1v) is 5.93. The SMILES string of the molecule is COc1ccc(C(=O)NC(C(=O)O)C(C)(C)C)cc1. The maximum absolute atomic E-state index is 12.0. The monoisotopic (exact) mass is 265 g/mol. The normalized spacial score (nSPS) is 12.6. The van der Waals surface area contributed by atoms with Gasteiger partial charge in [-0.15, -0.1) is 0 Å². The number of rotatable bonds is 4. The lowest BCUT2D eigenvalue weighted by Gasteiger charge is -2.27. The summed E-state index contributed by atoms with van der Waals surface area (Å²) in [6, 6.07) is 5.55. The summed E-state index contributed by atoms with van der Waals surface area (Å²) < 4.78 is 5.00. The molecule has 1 unspecified atom stereocenters. The average Bonchev–Trinajstić information content (AvgIpc) is 2.34. The number of carboxylic acid groups (broad SMARTS) is 1. The van der Waals surface area contributed by atoms with Gasteiger partial charge in [0.25, 0.3) is 5.91 Å². The van der Waals surface area contributed by atoms with E-state index in [9.17, 15) is 9.59 Å². The van der Waals surface area contributed by atoms with Crippen molar-refractivity contribution in [2.75, 3.05) is 7.11 Å². The van der Waals surface area contributed by atoms with E-state index in [-0.39, 0.29) is 0 Å². The van der Waals surface area contributed by atoms with Crippen molar-refractivity contribution in [1.29, 1.82) is 0 Å². The molecule has 0 aromatic heterocycles. The van der Waals surface area contributed by atoms with Gasteiger partial charge in [-0.25, -0.2) is 4.79 Å². The van der Waals surface area contributed by atoms with Crippen molar-refractivity contribution in [2.24, 2.45) is 5.41 Å². The summed E-state index contributed by atoms with van der Waals surface area (Å²) >= 11 is 0. The minimum Gasteiger partial charge on any atom is -0.497 e. The lowest BCUT2D eigenvalue weighted by Crippen LogP contribution is -2.49. The number of ether oxygens (including phenoxy) is 1. The van der Waals surface area contributed by atoms with Crippen LogP contribution in [0.25, 0.3) is 0 Å². The maximum atomic E-state index is 12.0. The Balaban J connectivity index is 2.85. The van der Waals surface area contributed by atoms with Crippen LogP contribution in [0.15, 0.2) is 24.3 Å². The van der Waals surface area contributed by atoms with E-state index in [4.69, 9.17) is 9.84 Å². The Bertz CT molecular complexity index is 459. The molecule has 0 radical (unpaired) electrons. The second-order valence-corrected chi connectivity index (χ2v) is 5.34. The molecule has 0 spiro atoms. The van der Waals surface area contributed by atoms with Crippen LogP contribution in [-0.2, 0) is 4.79 Å². The number of amides is 1. The van der Waals surface area contributed by atoms with E-state index in [1.54, 1.807) is 45.0 Å². The van der Waals surface area contributed by atoms with E-state index in [2.05, 4.69) is 5.32 Å². The lowest BCUT2D eigenvalue weighted by atomic mass is 9.86. The molecule has 5 nitrogen and oxygen atoms in total. The molecule has 0 aliphatic carbocycles. The van der Waals surface area contributed by atoms with Crippen LogP contribution in [0.5, 0.6) is 5.75 Å². The van der Waals surface area contributed by atoms with Crippen LogP contribution < -0.4 is 10.1 Å². The van der Waals surface area contributed by atoms with E-state index in [0.29, 0.717) is 11.3 Å². The predicted molar refractivity (Wildman–Crippen MR) is 71.3 cm³/mol. The smallest absolute Gasteiger partial charge is 0.326 e. The first kappa shape index (κ1) is 15.0. The van der Waals surface area contributed by atoms with Crippen LogP contribution in [0, 0.1) is 5.41 Å². The molecule has 1 rings (SSSR count). The first-order chi connectivity index (χ1) is 8.75. The summed E-state index contributed by atoms with van der Waals surface area (Å²) in [6.07, 6.45) is 0. The molecule has 0 fully saturated rings. The molecule has 5 heteroatoms. The summed E-state index contributed by atoms with van der Waals surface area (Å²) in [6.45, 7) is 5.29. The Kier molecular flexibility index (Phi) is 4.53. The summed E-state index contributed by atoms with van der Waals surface area (Å²) in [7, 11) is 1.54. The Labute approximate surface area is 112 Å². The number of methoxy groups -OCH3 is 1. The quantitative estimate of drug-likeness (QED) is 0.872. The molecule has 0 aliphatic rings. The second kappa shape index (κ2) is 5.73. The first-order valence-electron chi connectivity index (χ1n) is 5.93. The van der Waals surface area contributed by atoms with E-state index in [0.717, 1.165) is 0 Å². The molecule has 104 valence electrons. The van der Waals surface area contributed by atoms with Crippen LogP contribution in [0.3, 0.4) is 0 Å². The highest BCUT2D eigenvalue weighted by Crippen LogP contribution is 2.20. The van der Waals surface area contributed by atoms with E-state index < -0.39 is 23.3 Å². The third kappa shape index (κ3) is 3.98. The zero-order valence-corrected chi connectivity index (χ0v) is 11.6. The van der Waals surface area contributed by atoms with E-state index in [1.807, 2.05) is 0 Å². The van der Waals surface area contributed by atoms with Crippen molar-refractivity contribution >= 4 is 11.9 Å². The topological polar surface area (TPSA) is 75.6 Å². The Hall–Kier alpha value is -2.04. The summed E-state index contributed by atoms with van der Waals surface area (Å²) in [5, 5.41) is 11.7. The van der Waals surface area contributed by atoms with Crippen molar-refractivity contribution in [1.82, 2.24) is 5.32 Å². The van der Waals surface area contributed by atoms with Gasteiger partial charge in [-0.2, -0.15) is 0 Å². The van der Waals surface area contributed by atoms with E-state index >= 15 is 0 Å². The van der Waals surface area contributed by atoms with Crippen LogP contribution >= 0.6 is 0 Å². The number of carbonyl (C=O) groups is 2. The third-order valence-electron chi connectivity index (χ3n) is 2.74. The number of nitrogens with one attached hydrogen (secondary N) is 1. The fraction of sp³-hybridized carbons (Fsp3) is 0.429. The van der Waals surface area contributed by atoms with Gasteiger partial charge in [-0.3, -0.25) is 4.79 Å². The molecule has 19 heavy (non-hydrogen) atoms. The summed E-state index contributed by atoms with van der Waals surface area (Å²) in [4.78, 5) is 23.2. The average molecular weight is 265 g/mol. The molecule has 0 heterocycles. The maximum Gasteiger partial charge on any atom is 0.326 e. The molecule has 0 saturated carbocycles. The zero-order valence-electron chi connectivity index (χ0n) is 11.6. The lowest BCUT2D eigenvalue weighted by molar-refractivity contribution is -0.142. The van der Waals surface area contributed by atoms with Crippen molar-refractivity contribution in [2.45, 2.75) is 26.8 Å². The Morgan fingerprint density at radius 2 is 1.74 bits per heavy atom. The minimum atomic E-state index is -1.05. The van der Waals surface area contributed by atoms with Crippen molar-refractivity contribution in [3.63, 3.8) is 0 Å². The van der Waals surface area contributed by atoms with Gasteiger partial charge in [-0.05, 0) is 29.7 Å². The van der Waals surface area contributed by atoms with Gasteiger partial charge in [0, 0.05) is 5.56 Å². The van der Waals surface area contributed by atoms with Gasteiger partial charge in [-0.1, -0.05) is 20.8 Å². The van der Waals surface area contributed by atoms with Crippen LogP contribution in [0.2, 0.25) is 0 Å². The third-order valence-corrected chi connectivity index (χ3v) is 2.74. The van der Waals surface area contributed by atoms with Crippen LogP contribution in [0.1, 0.15) is 31.1 Å². The Morgan fingerprint density at radius 1 is 1.21 bits per heavy atom. The van der Waals surface area contributed by atoms with Gasteiger partial charge in [0.15, 0.2) is 0 Å².